The topological polar surface area (TPSA) is 59.5 Å². The number of ether oxygens (including phenoxy) is 1. The first-order valence-electron chi connectivity index (χ1n) is 6.34. The lowest BCUT2D eigenvalue weighted by Crippen LogP contribution is -2.26. The highest BCUT2D eigenvalue weighted by Gasteiger charge is 2.35. The first-order chi connectivity index (χ1) is 9.58. The maximum absolute atomic E-state index is 12.1. The number of anilines is 1. The average molecular weight is 290 g/mol. The molecule has 1 amide bonds. The summed E-state index contributed by atoms with van der Waals surface area (Å²) in [5.41, 5.74) is 1.75. The number of aryl methyl sites for hydroxylation is 1. The Hall–Kier alpha value is -1.95. The van der Waals surface area contributed by atoms with E-state index in [4.69, 9.17) is 4.74 Å². The smallest absolute Gasteiger partial charge is 0.311 e. The minimum absolute atomic E-state index is 0.0408. The van der Waals surface area contributed by atoms with Crippen molar-refractivity contribution in [1.82, 2.24) is 4.98 Å². The number of rotatable bonds is 2. The molecule has 0 radical (unpaired) electrons. The molecule has 1 aliphatic rings. The quantitative estimate of drug-likeness (QED) is 0.795. The second-order valence-corrected chi connectivity index (χ2v) is 6.05. The van der Waals surface area contributed by atoms with E-state index in [0.717, 1.165) is 20.9 Å². The number of esters is 1. The molecule has 0 spiro atoms. The van der Waals surface area contributed by atoms with Gasteiger partial charge in [-0.3, -0.25) is 9.59 Å². The van der Waals surface area contributed by atoms with Crippen LogP contribution >= 0.6 is 11.3 Å². The number of thiazole rings is 1. The van der Waals surface area contributed by atoms with Crippen LogP contribution in [0.25, 0.3) is 10.2 Å². The van der Waals surface area contributed by atoms with Crippen LogP contribution in [0.3, 0.4) is 0 Å². The number of hydrogen-bond acceptors (Lipinski definition) is 5. The van der Waals surface area contributed by atoms with E-state index in [9.17, 15) is 9.59 Å². The Morgan fingerprint density at radius 2 is 2.30 bits per heavy atom. The number of benzene rings is 1. The predicted octanol–water partition coefficient (Wildman–Crippen LogP) is 2.13. The molecule has 3 rings (SSSR count). The fraction of sp³-hybridized carbons (Fsp3) is 0.357. The summed E-state index contributed by atoms with van der Waals surface area (Å²) < 4.78 is 5.76. The van der Waals surface area contributed by atoms with Crippen LogP contribution in [0.2, 0.25) is 0 Å². The average Bonchev–Trinajstić information content (AvgIpc) is 2.98. The van der Waals surface area contributed by atoms with Gasteiger partial charge in [0.05, 0.1) is 28.3 Å². The van der Waals surface area contributed by atoms with Gasteiger partial charge in [-0.1, -0.05) is 0 Å². The highest BCUT2D eigenvalue weighted by molar-refractivity contribution is 7.18. The van der Waals surface area contributed by atoms with Crippen LogP contribution in [0.5, 0.6) is 0 Å². The Bertz CT molecular complexity index is 695. The van der Waals surface area contributed by atoms with Gasteiger partial charge in [0.2, 0.25) is 5.91 Å². The number of aromatic nitrogens is 1. The van der Waals surface area contributed by atoms with E-state index in [2.05, 4.69) is 4.98 Å². The standard InChI is InChI=1S/C14H14N2O3S/c1-8-15-11-4-3-10(6-12(11)20-8)16-7-9(5-13(16)17)14(18)19-2/h3-4,6,9H,5,7H2,1-2H3/t9-/m1/s1. The summed E-state index contributed by atoms with van der Waals surface area (Å²) in [6.07, 6.45) is 0.215. The Labute approximate surface area is 120 Å². The third-order valence-electron chi connectivity index (χ3n) is 3.45. The second kappa shape index (κ2) is 4.86. The zero-order chi connectivity index (χ0) is 14.3. The van der Waals surface area contributed by atoms with Gasteiger partial charge < -0.3 is 9.64 Å². The van der Waals surface area contributed by atoms with Crippen molar-refractivity contribution in [3.8, 4) is 0 Å². The Morgan fingerprint density at radius 1 is 1.50 bits per heavy atom. The molecule has 2 heterocycles. The fourth-order valence-electron chi connectivity index (χ4n) is 2.48. The van der Waals surface area contributed by atoms with Gasteiger partial charge in [-0.15, -0.1) is 11.3 Å². The van der Waals surface area contributed by atoms with Crippen molar-refractivity contribution >= 4 is 39.1 Å². The molecule has 0 N–H and O–H groups in total. The van der Waals surface area contributed by atoms with Crippen molar-refractivity contribution in [2.75, 3.05) is 18.6 Å². The van der Waals surface area contributed by atoms with Crippen LogP contribution in [-0.2, 0) is 14.3 Å². The summed E-state index contributed by atoms with van der Waals surface area (Å²) in [6.45, 7) is 2.34. The number of amides is 1. The fourth-order valence-corrected chi connectivity index (χ4v) is 3.34. The summed E-state index contributed by atoms with van der Waals surface area (Å²) in [5.74, 6) is -0.733. The second-order valence-electron chi connectivity index (χ2n) is 4.81. The number of nitrogens with zero attached hydrogens (tertiary/aromatic N) is 2. The van der Waals surface area contributed by atoms with Crippen molar-refractivity contribution < 1.29 is 14.3 Å². The number of hydrogen-bond donors (Lipinski definition) is 0. The van der Waals surface area contributed by atoms with Gasteiger partial charge in [-0.05, 0) is 25.1 Å². The summed E-state index contributed by atoms with van der Waals surface area (Å²) in [7, 11) is 1.35. The number of fused-ring (bicyclic) bond motifs is 1. The molecule has 0 aliphatic carbocycles. The first kappa shape index (κ1) is 13.1. The monoisotopic (exact) mass is 290 g/mol. The SMILES string of the molecule is COC(=O)[C@@H]1CC(=O)N(c2ccc3nc(C)sc3c2)C1. The highest BCUT2D eigenvalue weighted by atomic mass is 32.1. The highest BCUT2D eigenvalue weighted by Crippen LogP contribution is 2.30. The van der Waals surface area contributed by atoms with E-state index < -0.39 is 0 Å². The third kappa shape index (κ3) is 2.16. The van der Waals surface area contributed by atoms with Gasteiger partial charge in [0, 0.05) is 18.7 Å². The lowest BCUT2D eigenvalue weighted by Gasteiger charge is -2.16. The molecule has 1 fully saturated rings. The Balaban J connectivity index is 1.90. The van der Waals surface area contributed by atoms with E-state index >= 15 is 0 Å². The normalized spacial score (nSPS) is 18.8. The number of carbonyl (C=O) groups is 2. The molecule has 5 nitrogen and oxygen atoms in total. The molecular formula is C14H14N2O3S. The van der Waals surface area contributed by atoms with Gasteiger partial charge in [-0.25, -0.2) is 4.98 Å². The largest absolute Gasteiger partial charge is 0.469 e. The molecule has 0 bridgehead atoms. The summed E-state index contributed by atoms with van der Waals surface area (Å²) in [5, 5.41) is 0.998. The lowest BCUT2D eigenvalue weighted by molar-refractivity contribution is -0.145. The molecule has 6 heteroatoms. The van der Waals surface area contributed by atoms with E-state index in [0.29, 0.717) is 6.54 Å². The predicted molar refractivity (Wildman–Crippen MR) is 76.8 cm³/mol. The zero-order valence-electron chi connectivity index (χ0n) is 11.3. The van der Waals surface area contributed by atoms with Gasteiger partial charge in [-0.2, -0.15) is 0 Å². The van der Waals surface area contributed by atoms with Crippen LogP contribution in [0.15, 0.2) is 18.2 Å². The molecule has 1 saturated heterocycles. The minimum atomic E-state index is -0.369. The number of methoxy groups -OCH3 is 1. The molecule has 0 unspecified atom stereocenters. The summed E-state index contributed by atoms with van der Waals surface area (Å²) in [6, 6.07) is 5.74. The number of carbonyl (C=O) groups excluding carboxylic acids is 2. The van der Waals surface area contributed by atoms with E-state index in [-0.39, 0.29) is 24.2 Å². The molecule has 1 aliphatic heterocycles. The minimum Gasteiger partial charge on any atom is -0.469 e. The molecule has 2 aromatic rings. The van der Waals surface area contributed by atoms with Crippen LogP contribution in [0.1, 0.15) is 11.4 Å². The Morgan fingerprint density at radius 3 is 3.05 bits per heavy atom. The van der Waals surface area contributed by atoms with Gasteiger partial charge >= 0.3 is 5.97 Å². The molecule has 1 atom stereocenters. The lowest BCUT2D eigenvalue weighted by atomic mass is 10.1. The summed E-state index contributed by atoms with van der Waals surface area (Å²) in [4.78, 5) is 29.6. The van der Waals surface area contributed by atoms with Crippen molar-refractivity contribution in [2.45, 2.75) is 13.3 Å². The molecule has 104 valence electrons. The van der Waals surface area contributed by atoms with Crippen molar-refractivity contribution in [3.05, 3.63) is 23.2 Å². The molecule has 1 aromatic carbocycles. The van der Waals surface area contributed by atoms with Crippen LogP contribution < -0.4 is 4.90 Å². The van der Waals surface area contributed by atoms with E-state index in [1.165, 1.54) is 7.11 Å². The molecular weight excluding hydrogens is 276 g/mol. The van der Waals surface area contributed by atoms with E-state index in [1.807, 2.05) is 25.1 Å². The molecule has 20 heavy (non-hydrogen) atoms. The van der Waals surface area contributed by atoms with Crippen LogP contribution in [0.4, 0.5) is 5.69 Å². The maximum atomic E-state index is 12.1. The molecule has 1 aromatic heterocycles. The van der Waals surface area contributed by atoms with Gasteiger partial charge in [0.25, 0.3) is 0 Å². The van der Waals surface area contributed by atoms with Gasteiger partial charge in [0.15, 0.2) is 0 Å². The first-order valence-corrected chi connectivity index (χ1v) is 7.15. The third-order valence-corrected chi connectivity index (χ3v) is 4.38. The maximum Gasteiger partial charge on any atom is 0.311 e. The van der Waals surface area contributed by atoms with E-state index in [1.54, 1.807) is 16.2 Å². The van der Waals surface area contributed by atoms with Gasteiger partial charge in [0.1, 0.15) is 0 Å². The zero-order valence-corrected chi connectivity index (χ0v) is 12.1. The molecule has 0 saturated carbocycles. The van der Waals surface area contributed by atoms with Crippen LogP contribution in [-0.4, -0.2) is 30.5 Å². The van der Waals surface area contributed by atoms with Crippen molar-refractivity contribution in [1.29, 1.82) is 0 Å². The van der Waals surface area contributed by atoms with Crippen LogP contribution in [0, 0.1) is 12.8 Å². The summed E-state index contributed by atoms with van der Waals surface area (Å²) >= 11 is 1.60. The Kier molecular flexibility index (Phi) is 3.17. The van der Waals surface area contributed by atoms with Crippen molar-refractivity contribution in [2.24, 2.45) is 5.92 Å². The van der Waals surface area contributed by atoms with Crippen molar-refractivity contribution in [3.63, 3.8) is 0 Å².